The van der Waals surface area contributed by atoms with E-state index in [-0.39, 0.29) is 5.41 Å². The second-order valence-electron chi connectivity index (χ2n) is 15.8. The number of fused-ring (bicyclic) bond motifs is 9. The monoisotopic (exact) mass is 722 g/mol. The summed E-state index contributed by atoms with van der Waals surface area (Å²) >= 11 is 0. The molecule has 0 aliphatic carbocycles. The summed E-state index contributed by atoms with van der Waals surface area (Å²) in [5.74, 6) is 0. The molecule has 0 N–H and O–H groups in total. The van der Waals surface area contributed by atoms with Gasteiger partial charge in [0.05, 0.1) is 22.4 Å². The quantitative estimate of drug-likeness (QED) is 0.177. The highest BCUT2D eigenvalue weighted by molar-refractivity contribution is 6.14. The molecule has 56 heavy (non-hydrogen) atoms. The van der Waals surface area contributed by atoms with E-state index in [1.54, 1.807) is 0 Å². The van der Waals surface area contributed by atoms with Gasteiger partial charge < -0.3 is 18.3 Å². The molecule has 0 spiro atoms. The lowest BCUT2D eigenvalue weighted by molar-refractivity contribution is 0.591. The summed E-state index contributed by atoms with van der Waals surface area (Å²) in [6.45, 7) is 6.85. The Labute approximate surface area is 324 Å². The van der Waals surface area contributed by atoms with Crippen LogP contribution < -0.4 is 4.90 Å². The van der Waals surface area contributed by atoms with Crippen molar-refractivity contribution in [1.29, 1.82) is 0 Å². The summed E-state index contributed by atoms with van der Waals surface area (Å²) < 4.78 is 15.7. The number of para-hydroxylation sites is 5. The van der Waals surface area contributed by atoms with Gasteiger partial charge in [-0.15, -0.1) is 0 Å². The Bertz CT molecular complexity index is 3170. The second kappa shape index (κ2) is 12.2. The lowest BCUT2D eigenvalue weighted by Crippen LogP contribution is -2.10. The molecule has 0 radical (unpaired) electrons. The Balaban J connectivity index is 1.09. The standard InChI is InChI=1S/C52H38N2O2/c1-52(2,3)35-26-30-45-43(32-35)42-31-34(25-29-44(42)53(45)36-13-5-4-6-14-36)33-23-27-37(28-24-33)54(46-19-11-17-40-38-15-7-9-21-48(38)55-50(40)46)47-20-12-18-41-39-16-8-10-22-49(39)56-51(41)47/h4-32H,1-3H3. The van der Waals surface area contributed by atoms with Crippen molar-refractivity contribution in [3.63, 3.8) is 0 Å². The largest absolute Gasteiger partial charge is 0.454 e. The number of nitrogens with zero attached hydrogens (tertiary/aromatic N) is 2. The summed E-state index contributed by atoms with van der Waals surface area (Å²) in [5, 5.41) is 6.86. The van der Waals surface area contributed by atoms with Gasteiger partial charge in [0.2, 0.25) is 0 Å². The maximum Gasteiger partial charge on any atom is 0.159 e. The third-order valence-corrected chi connectivity index (χ3v) is 11.4. The van der Waals surface area contributed by atoms with Crippen LogP contribution in [0.1, 0.15) is 26.3 Å². The van der Waals surface area contributed by atoms with Gasteiger partial charge in [-0.25, -0.2) is 0 Å². The van der Waals surface area contributed by atoms with Crippen molar-refractivity contribution in [1.82, 2.24) is 4.57 Å². The van der Waals surface area contributed by atoms with Crippen molar-refractivity contribution in [2.24, 2.45) is 0 Å². The molecule has 268 valence electrons. The van der Waals surface area contributed by atoms with E-state index in [2.05, 4.69) is 182 Å². The van der Waals surface area contributed by atoms with Gasteiger partial charge in [-0.05, 0) is 94.9 Å². The van der Waals surface area contributed by atoms with Crippen molar-refractivity contribution in [3.05, 3.63) is 181 Å². The first kappa shape index (κ1) is 32.4. The number of anilines is 3. The lowest BCUT2D eigenvalue weighted by atomic mass is 9.86. The molecule has 3 heterocycles. The van der Waals surface area contributed by atoms with Gasteiger partial charge >= 0.3 is 0 Å². The minimum atomic E-state index is 0.0358. The van der Waals surface area contributed by atoms with Gasteiger partial charge in [0.25, 0.3) is 0 Å². The first-order valence-corrected chi connectivity index (χ1v) is 19.3. The number of hydrogen-bond donors (Lipinski definition) is 0. The average Bonchev–Trinajstić information content (AvgIpc) is 3.91. The molecular weight excluding hydrogens is 685 g/mol. The highest BCUT2D eigenvalue weighted by atomic mass is 16.3. The van der Waals surface area contributed by atoms with Crippen LogP contribution >= 0.6 is 0 Å². The van der Waals surface area contributed by atoms with Crippen LogP contribution in [0.3, 0.4) is 0 Å². The fourth-order valence-electron chi connectivity index (χ4n) is 8.55. The molecule has 4 nitrogen and oxygen atoms in total. The predicted molar refractivity (Wildman–Crippen MR) is 234 cm³/mol. The zero-order chi connectivity index (χ0) is 37.5. The van der Waals surface area contributed by atoms with Crippen molar-refractivity contribution in [2.45, 2.75) is 26.2 Å². The average molecular weight is 723 g/mol. The number of hydrogen-bond acceptors (Lipinski definition) is 3. The second-order valence-corrected chi connectivity index (χ2v) is 15.8. The molecule has 0 aliphatic rings. The van der Waals surface area contributed by atoms with E-state index in [0.717, 1.165) is 72.2 Å². The van der Waals surface area contributed by atoms with Gasteiger partial charge in [-0.1, -0.05) is 124 Å². The molecule has 0 amide bonds. The van der Waals surface area contributed by atoms with Crippen LogP contribution in [0.5, 0.6) is 0 Å². The summed E-state index contributed by atoms with van der Waals surface area (Å²) in [6.07, 6.45) is 0. The molecule has 3 aromatic heterocycles. The normalized spacial score (nSPS) is 12.2. The molecule has 0 aliphatic heterocycles. The minimum absolute atomic E-state index is 0.0358. The van der Waals surface area contributed by atoms with E-state index in [9.17, 15) is 0 Å². The van der Waals surface area contributed by atoms with E-state index in [0.29, 0.717) is 0 Å². The molecule has 8 aromatic carbocycles. The molecule has 0 atom stereocenters. The van der Waals surface area contributed by atoms with E-state index in [1.165, 1.54) is 32.9 Å². The number of furan rings is 2. The maximum atomic E-state index is 6.64. The van der Waals surface area contributed by atoms with Crippen molar-refractivity contribution in [2.75, 3.05) is 4.90 Å². The van der Waals surface area contributed by atoms with E-state index in [4.69, 9.17) is 8.83 Å². The van der Waals surface area contributed by atoms with Crippen LogP contribution in [0, 0.1) is 0 Å². The third-order valence-electron chi connectivity index (χ3n) is 11.4. The molecule has 0 unspecified atom stereocenters. The molecular formula is C52H38N2O2. The van der Waals surface area contributed by atoms with E-state index >= 15 is 0 Å². The van der Waals surface area contributed by atoms with Crippen LogP contribution in [0.15, 0.2) is 185 Å². The van der Waals surface area contributed by atoms with Crippen molar-refractivity contribution < 1.29 is 8.83 Å². The fourth-order valence-corrected chi connectivity index (χ4v) is 8.55. The Hall–Kier alpha value is -7.04. The first-order chi connectivity index (χ1) is 27.4. The molecule has 0 bridgehead atoms. The molecule has 11 aromatic rings. The van der Waals surface area contributed by atoms with Crippen LogP contribution in [0.25, 0.3) is 82.5 Å². The minimum Gasteiger partial charge on any atom is -0.454 e. The summed E-state index contributed by atoms with van der Waals surface area (Å²) in [7, 11) is 0. The Morgan fingerprint density at radius 1 is 0.429 bits per heavy atom. The lowest BCUT2D eigenvalue weighted by Gasteiger charge is -2.25. The summed E-state index contributed by atoms with van der Waals surface area (Å²) in [5.41, 5.74) is 13.5. The highest BCUT2D eigenvalue weighted by Gasteiger charge is 2.24. The zero-order valence-corrected chi connectivity index (χ0v) is 31.5. The van der Waals surface area contributed by atoms with Crippen LogP contribution in [-0.4, -0.2) is 4.57 Å². The number of aromatic nitrogens is 1. The third kappa shape index (κ3) is 4.99. The Morgan fingerprint density at radius 3 is 1.55 bits per heavy atom. The van der Waals surface area contributed by atoms with Gasteiger partial charge in [0.1, 0.15) is 11.2 Å². The molecule has 0 fully saturated rings. The summed E-state index contributed by atoms with van der Waals surface area (Å²) in [6, 6.07) is 62.7. The summed E-state index contributed by atoms with van der Waals surface area (Å²) in [4.78, 5) is 2.28. The fraction of sp³-hybridized carbons (Fsp3) is 0.0769. The predicted octanol–water partition coefficient (Wildman–Crippen LogP) is 15.0. The zero-order valence-electron chi connectivity index (χ0n) is 31.5. The van der Waals surface area contributed by atoms with Gasteiger partial charge in [0, 0.05) is 43.7 Å². The Kier molecular flexibility index (Phi) is 7.08. The Morgan fingerprint density at radius 2 is 0.946 bits per heavy atom. The maximum absolute atomic E-state index is 6.64. The van der Waals surface area contributed by atoms with Gasteiger partial charge in [0.15, 0.2) is 11.2 Å². The smallest absolute Gasteiger partial charge is 0.159 e. The van der Waals surface area contributed by atoms with Gasteiger partial charge in [-0.2, -0.15) is 0 Å². The van der Waals surface area contributed by atoms with E-state index < -0.39 is 0 Å². The molecule has 4 heteroatoms. The first-order valence-electron chi connectivity index (χ1n) is 19.3. The van der Waals surface area contributed by atoms with Crippen LogP contribution in [0.2, 0.25) is 0 Å². The molecule has 0 saturated heterocycles. The van der Waals surface area contributed by atoms with E-state index in [1.807, 2.05) is 24.3 Å². The van der Waals surface area contributed by atoms with Crippen molar-refractivity contribution in [3.8, 4) is 16.8 Å². The molecule has 11 rings (SSSR count). The highest BCUT2D eigenvalue weighted by Crippen LogP contribution is 2.46. The topological polar surface area (TPSA) is 34.5 Å². The number of benzene rings is 8. The number of rotatable bonds is 5. The van der Waals surface area contributed by atoms with Crippen LogP contribution in [-0.2, 0) is 5.41 Å². The van der Waals surface area contributed by atoms with Gasteiger partial charge in [-0.3, -0.25) is 0 Å². The van der Waals surface area contributed by atoms with Crippen molar-refractivity contribution >= 4 is 82.7 Å². The SMILES string of the molecule is CC(C)(C)c1ccc2c(c1)c1cc(-c3ccc(N(c4cccc5c4oc4ccccc45)c4cccc5c4oc4ccccc45)cc3)ccc1n2-c1ccccc1. The molecule has 0 saturated carbocycles. The van der Waals surface area contributed by atoms with Crippen LogP contribution in [0.4, 0.5) is 17.1 Å².